The second-order valence-corrected chi connectivity index (χ2v) is 5.60. The van der Waals surface area contributed by atoms with Crippen molar-refractivity contribution in [3.05, 3.63) is 35.9 Å². The number of hydrogen-bond acceptors (Lipinski definition) is 3. The summed E-state index contributed by atoms with van der Waals surface area (Å²) < 4.78 is 5.24. The first-order chi connectivity index (χ1) is 9.29. The molecule has 102 valence electrons. The van der Waals surface area contributed by atoms with Crippen molar-refractivity contribution in [2.75, 3.05) is 13.2 Å². The number of carbonyl (C=O) groups excluding carboxylic acids is 1. The minimum atomic E-state index is 0.0190. The highest BCUT2D eigenvalue weighted by molar-refractivity contribution is 5.74. The van der Waals surface area contributed by atoms with Crippen LogP contribution in [0.25, 0.3) is 0 Å². The zero-order valence-corrected chi connectivity index (χ0v) is 11.4. The van der Waals surface area contributed by atoms with E-state index < -0.39 is 0 Å². The maximum atomic E-state index is 12.1. The molecule has 0 unspecified atom stereocenters. The Bertz CT molecular complexity index is 445. The second-order valence-electron chi connectivity index (χ2n) is 5.60. The van der Waals surface area contributed by atoms with Crippen LogP contribution in [0.3, 0.4) is 0 Å². The minimum absolute atomic E-state index is 0.0190. The quantitative estimate of drug-likeness (QED) is 0.778. The molecular weight excluding hydrogens is 238 g/mol. The molecule has 2 bridgehead atoms. The number of nitrogens with zero attached hydrogens (tertiary/aromatic N) is 1. The van der Waals surface area contributed by atoms with E-state index in [2.05, 4.69) is 29.2 Å². The molecule has 0 radical (unpaired) electrons. The fourth-order valence-corrected chi connectivity index (χ4v) is 3.70. The molecule has 1 aliphatic heterocycles. The van der Waals surface area contributed by atoms with E-state index >= 15 is 0 Å². The van der Waals surface area contributed by atoms with Crippen molar-refractivity contribution >= 4 is 5.97 Å². The first-order valence-corrected chi connectivity index (χ1v) is 7.24. The van der Waals surface area contributed by atoms with E-state index in [1.165, 1.54) is 12.0 Å². The molecule has 1 aliphatic carbocycles. The number of esters is 1. The summed E-state index contributed by atoms with van der Waals surface area (Å²) in [5.41, 5.74) is 1.33. The molecule has 1 aromatic carbocycles. The van der Waals surface area contributed by atoms with Crippen LogP contribution in [-0.4, -0.2) is 30.1 Å². The van der Waals surface area contributed by atoms with Crippen molar-refractivity contribution < 1.29 is 9.53 Å². The molecule has 0 amide bonds. The van der Waals surface area contributed by atoms with Gasteiger partial charge in [0.1, 0.15) is 0 Å². The average Bonchev–Trinajstić information content (AvgIpc) is 2.97. The predicted molar refractivity (Wildman–Crippen MR) is 73.5 cm³/mol. The van der Waals surface area contributed by atoms with E-state index in [4.69, 9.17) is 4.74 Å². The van der Waals surface area contributed by atoms with Gasteiger partial charge in [0.05, 0.1) is 12.5 Å². The van der Waals surface area contributed by atoms with Crippen LogP contribution < -0.4 is 0 Å². The van der Waals surface area contributed by atoms with Gasteiger partial charge in [-0.15, -0.1) is 0 Å². The first kappa shape index (κ1) is 12.7. The van der Waals surface area contributed by atoms with Gasteiger partial charge in [0, 0.05) is 19.1 Å². The maximum Gasteiger partial charge on any atom is 0.310 e. The lowest BCUT2D eigenvalue weighted by molar-refractivity contribution is -0.149. The van der Waals surface area contributed by atoms with Crippen molar-refractivity contribution in [2.45, 2.75) is 32.4 Å². The lowest BCUT2D eigenvalue weighted by atomic mass is 9.99. The predicted octanol–water partition coefficient (Wildman–Crippen LogP) is 2.46. The summed E-state index contributed by atoms with van der Waals surface area (Å²) in [7, 11) is 0. The Labute approximate surface area is 114 Å². The summed E-state index contributed by atoms with van der Waals surface area (Å²) in [6.45, 7) is 4.38. The molecule has 19 heavy (non-hydrogen) atoms. The van der Waals surface area contributed by atoms with Gasteiger partial charge >= 0.3 is 5.97 Å². The summed E-state index contributed by atoms with van der Waals surface area (Å²) in [4.78, 5) is 14.5. The monoisotopic (exact) mass is 259 g/mol. The molecule has 1 aromatic rings. The summed E-state index contributed by atoms with van der Waals surface area (Å²) >= 11 is 0. The van der Waals surface area contributed by atoms with E-state index in [0.29, 0.717) is 18.6 Å². The Balaban J connectivity index is 1.69. The SMILES string of the molecule is CCOC(=O)[C@@H]1[C@H]2CC[C@@H]1N(Cc1ccccc1)C2. The van der Waals surface area contributed by atoms with Crippen LogP contribution in [0.15, 0.2) is 30.3 Å². The van der Waals surface area contributed by atoms with Gasteiger partial charge in [0.2, 0.25) is 0 Å². The third kappa shape index (κ3) is 2.39. The van der Waals surface area contributed by atoms with Crippen LogP contribution >= 0.6 is 0 Å². The number of carbonyl (C=O) groups is 1. The number of ether oxygens (including phenoxy) is 1. The van der Waals surface area contributed by atoms with Crippen LogP contribution in [0.1, 0.15) is 25.3 Å². The molecule has 1 heterocycles. The van der Waals surface area contributed by atoms with Gasteiger partial charge in [0.15, 0.2) is 0 Å². The normalized spacial score (nSPS) is 29.6. The van der Waals surface area contributed by atoms with Crippen LogP contribution in [0, 0.1) is 11.8 Å². The summed E-state index contributed by atoms with van der Waals surface area (Å²) in [5, 5.41) is 0. The molecule has 3 heteroatoms. The molecule has 2 fully saturated rings. The van der Waals surface area contributed by atoms with Crippen molar-refractivity contribution in [1.82, 2.24) is 4.90 Å². The highest BCUT2D eigenvalue weighted by Crippen LogP contribution is 2.43. The third-order valence-corrected chi connectivity index (χ3v) is 4.48. The number of fused-ring (bicyclic) bond motifs is 2. The van der Waals surface area contributed by atoms with Crippen molar-refractivity contribution in [3.63, 3.8) is 0 Å². The van der Waals surface area contributed by atoms with Crippen LogP contribution in [0.2, 0.25) is 0 Å². The zero-order valence-electron chi connectivity index (χ0n) is 11.4. The van der Waals surface area contributed by atoms with E-state index in [-0.39, 0.29) is 11.9 Å². The van der Waals surface area contributed by atoms with Crippen LogP contribution in [0.5, 0.6) is 0 Å². The summed E-state index contributed by atoms with van der Waals surface area (Å²) in [6, 6.07) is 10.9. The van der Waals surface area contributed by atoms with E-state index in [0.717, 1.165) is 19.5 Å². The van der Waals surface area contributed by atoms with Gasteiger partial charge in [-0.1, -0.05) is 30.3 Å². The van der Waals surface area contributed by atoms with E-state index in [1.807, 2.05) is 13.0 Å². The molecule has 0 spiro atoms. The summed E-state index contributed by atoms with van der Waals surface area (Å²) in [5.74, 6) is 0.641. The third-order valence-electron chi connectivity index (χ3n) is 4.48. The Morgan fingerprint density at radius 3 is 2.84 bits per heavy atom. The Hall–Kier alpha value is -1.35. The summed E-state index contributed by atoms with van der Waals surface area (Å²) in [6.07, 6.45) is 2.32. The topological polar surface area (TPSA) is 29.5 Å². The maximum absolute atomic E-state index is 12.1. The fraction of sp³-hybridized carbons (Fsp3) is 0.562. The molecule has 2 aliphatic rings. The Kier molecular flexibility index (Phi) is 3.56. The smallest absolute Gasteiger partial charge is 0.310 e. The molecule has 3 rings (SSSR count). The number of hydrogen-bond donors (Lipinski definition) is 0. The lowest BCUT2D eigenvalue weighted by Gasteiger charge is -2.27. The van der Waals surface area contributed by atoms with E-state index in [1.54, 1.807) is 0 Å². The molecular formula is C16H21NO2. The van der Waals surface area contributed by atoms with Gasteiger partial charge in [-0.2, -0.15) is 0 Å². The molecule has 1 saturated carbocycles. The highest BCUT2D eigenvalue weighted by Gasteiger charge is 2.50. The first-order valence-electron chi connectivity index (χ1n) is 7.24. The molecule has 0 aromatic heterocycles. The molecule has 3 nitrogen and oxygen atoms in total. The highest BCUT2D eigenvalue weighted by atomic mass is 16.5. The van der Waals surface area contributed by atoms with Crippen molar-refractivity contribution in [3.8, 4) is 0 Å². The fourth-order valence-electron chi connectivity index (χ4n) is 3.70. The molecule has 1 saturated heterocycles. The molecule has 0 N–H and O–H groups in total. The Morgan fingerprint density at radius 2 is 2.11 bits per heavy atom. The molecule has 3 atom stereocenters. The van der Waals surface area contributed by atoms with Crippen LogP contribution in [0.4, 0.5) is 0 Å². The van der Waals surface area contributed by atoms with Gasteiger partial charge in [-0.25, -0.2) is 0 Å². The minimum Gasteiger partial charge on any atom is -0.466 e. The average molecular weight is 259 g/mol. The number of likely N-dealkylation sites (tertiary alicyclic amines) is 1. The van der Waals surface area contributed by atoms with Crippen molar-refractivity contribution in [2.24, 2.45) is 11.8 Å². The lowest BCUT2D eigenvalue weighted by Crippen LogP contribution is -2.34. The van der Waals surface area contributed by atoms with Crippen LogP contribution in [-0.2, 0) is 16.1 Å². The standard InChI is InChI=1S/C16H21NO2/c1-2-19-16(18)15-13-8-9-14(15)17(11-13)10-12-6-4-3-5-7-12/h3-7,13-15H,2,8-11H2,1H3/t13-,14-,15+/m0/s1. The van der Waals surface area contributed by atoms with Crippen molar-refractivity contribution in [1.29, 1.82) is 0 Å². The van der Waals surface area contributed by atoms with Gasteiger partial charge in [-0.3, -0.25) is 9.69 Å². The number of piperidine rings is 1. The Morgan fingerprint density at radius 1 is 1.32 bits per heavy atom. The number of rotatable bonds is 4. The van der Waals surface area contributed by atoms with Gasteiger partial charge in [0.25, 0.3) is 0 Å². The zero-order chi connectivity index (χ0) is 13.2. The largest absolute Gasteiger partial charge is 0.466 e. The van der Waals surface area contributed by atoms with E-state index in [9.17, 15) is 4.79 Å². The number of benzene rings is 1. The van der Waals surface area contributed by atoms with Gasteiger partial charge < -0.3 is 4.74 Å². The second kappa shape index (κ2) is 5.33. The van der Waals surface area contributed by atoms with Gasteiger partial charge in [-0.05, 0) is 31.2 Å².